The maximum absolute atomic E-state index is 15.4. The molecule has 0 N–H and O–H groups in total. The quantitative estimate of drug-likeness (QED) is 0.0978. The molecule has 0 bridgehead atoms. The van der Waals surface area contributed by atoms with Crippen molar-refractivity contribution in [3.05, 3.63) is 272 Å². The van der Waals surface area contributed by atoms with Crippen LogP contribution in [-0.2, 0) is 0 Å². The molecule has 0 radical (unpaired) electrons. The molecule has 0 atom stereocenters. The summed E-state index contributed by atoms with van der Waals surface area (Å²) in [5.74, 6) is -0.617. The second-order valence-electron chi connectivity index (χ2n) is 24.2. The van der Waals surface area contributed by atoms with Crippen LogP contribution in [0.1, 0.15) is 20.7 Å². The van der Waals surface area contributed by atoms with Gasteiger partial charge in [0.2, 0.25) is 0 Å². The van der Waals surface area contributed by atoms with Gasteiger partial charge in [-0.3, -0.25) is 9.59 Å². The third-order valence-electron chi connectivity index (χ3n) is 20.3. The van der Waals surface area contributed by atoms with Crippen LogP contribution in [0.15, 0.2) is 261 Å². The first-order chi connectivity index (χ1) is 43.1. The number of rotatable bonds is 5. The molecule has 0 unspecified atom stereocenters. The Balaban J connectivity index is 0.863. The van der Waals surface area contributed by atoms with Gasteiger partial charge < -0.3 is 0 Å². The molecule has 2 amide bonds. The molecule has 396 valence electrons. The van der Waals surface area contributed by atoms with Crippen molar-refractivity contribution in [2.45, 2.75) is 0 Å². The molecule has 87 heavy (non-hydrogen) atoms. The van der Waals surface area contributed by atoms with Gasteiger partial charge >= 0.3 is 0 Å². The van der Waals surface area contributed by atoms with Gasteiger partial charge in [0, 0.05) is 11.1 Å². The molecule has 19 aromatic carbocycles. The van der Waals surface area contributed by atoms with E-state index in [-0.39, 0.29) is 11.8 Å². The van der Waals surface area contributed by atoms with Gasteiger partial charge in [-0.2, -0.15) is 0 Å². The number of benzene rings is 17. The van der Waals surface area contributed by atoms with Gasteiger partial charge in [-0.1, -0.05) is 249 Å². The lowest BCUT2D eigenvalue weighted by Crippen LogP contribution is -2.29. The van der Waals surface area contributed by atoms with Crippen molar-refractivity contribution in [3.63, 3.8) is 0 Å². The summed E-state index contributed by atoms with van der Waals surface area (Å²) in [4.78, 5) is 32.1. The Morgan fingerprint density at radius 2 is 0.471 bits per heavy atom. The average molecular weight is 1100 g/mol. The summed E-state index contributed by atoms with van der Waals surface area (Å²) in [6.07, 6.45) is 0. The van der Waals surface area contributed by atoms with Crippen LogP contribution >= 0.6 is 0 Å². The number of para-hydroxylation sites is 1. The second kappa shape index (κ2) is 16.2. The Kier molecular flexibility index (Phi) is 8.56. The van der Waals surface area contributed by atoms with Crippen LogP contribution in [0, 0.1) is 0 Å². The summed E-state index contributed by atoms with van der Waals surface area (Å²) >= 11 is 0. The van der Waals surface area contributed by atoms with Gasteiger partial charge in [0.15, 0.2) is 0 Å². The number of carbonyl (C=O) groups is 2. The maximum atomic E-state index is 15.4. The molecule has 0 spiro atoms. The molecule has 0 fully saturated rings. The monoisotopic (exact) mass is 1100 g/mol. The van der Waals surface area contributed by atoms with Crippen molar-refractivity contribution in [1.82, 2.24) is 0 Å². The lowest BCUT2D eigenvalue weighted by atomic mass is 9.81. The van der Waals surface area contributed by atoms with Gasteiger partial charge in [-0.25, -0.2) is 4.90 Å². The molecule has 0 saturated heterocycles. The van der Waals surface area contributed by atoms with Crippen LogP contribution in [0.25, 0.3) is 196 Å². The fraction of sp³-hybridized carbons (Fsp3) is 0. The highest BCUT2D eigenvalue weighted by atomic mass is 16.2. The van der Waals surface area contributed by atoms with Crippen molar-refractivity contribution >= 4 is 147 Å². The second-order valence-corrected chi connectivity index (χ2v) is 24.2. The van der Waals surface area contributed by atoms with E-state index >= 15 is 9.59 Å². The Hall–Kier alpha value is -11.5. The maximum Gasteiger partial charge on any atom is 0.266 e. The number of hydrogen-bond acceptors (Lipinski definition) is 2. The summed E-state index contributed by atoms with van der Waals surface area (Å²) in [5, 5.41) is 30.4. The van der Waals surface area contributed by atoms with Gasteiger partial charge in [-0.05, 0) is 197 Å². The van der Waals surface area contributed by atoms with Crippen molar-refractivity contribution in [2.24, 2.45) is 0 Å². The predicted octanol–water partition coefficient (Wildman–Crippen LogP) is 22.4. The number of carbonyl (C=O) groups excluding carboxylic acids is 2. The van der Waals surface area contributed by atoms with E-state index in [9.17, 15) is 0 Å². The number of anilines is 1. The SMILES string of the molecule is O=C1c2c(c(-c3ccccc3)c3c(c2-c2ccccc2)-c2ccc4c5ccc6c7ccc8c9c(-c%10ccccc%10)c%10c%11cccc%12cccc(c%10c(-c%10ccccc%10)c9c9ccc(c%10ccc(c%13ccc-3c2c4%13)c5c6%10)c7c89)c%12%11)C(=O)N1c1ccccc1. The van der Waals surface area contributed by atoms with E-state index in [0.29, 0.717) is 16.8 Å². The molecule has 0 saturated carbocycles. The molecule has 21 rings (SSSR count). The van der Waals surface area contributed by atoms with Gasteiger partial charge in [0.25, 0.3) is 11.8 Å². The Morgan fingerprint density at radius 3 is 0.839 bits per heavy atom. The van der Waals surface area contributed by atoms with E-state index in [1.165, 1.54) is 151 Å². The molecule has 19 aromatic rings. The zero-order chi connectivity index (χ0) is 56.7. The minimum atomic E-state index is -0.309. The molecule has 3 heteroatoms. The third-order valence-corrected chi connectivity index (χ3v) is 20.3. The van der Waals surface area contributed by atoms with Crippen molar-refractivity contribution in [3.8, 4) is 66.8 Å². The summed E-state index contributed by atoms with van der Waals surface area (Å²) in [6, 6.07) is 94.4. The highest BCUT2D eigenvalue weighted by Crippen LogP contribution is 2.62. The number of fused-ring (bicyclic) bond motifs is 14. The van der Waals surface area contributed by atoms with Gasteiger partial charge in [0.1, 0.15) is 0 Å². The van der Waals surface area contributed by atoms with Crippen LogP contribution in [0.2, 0.25) is 0 Å². The number of nitrogens with zero attached hydrogens (tertiary/aromatic N) is 1. The van der Waals surface area contributed by atoms with E-state index in [1.54, 1.807) is 0 Å². The molecule has 1 aliphatic carbocycles. The average Bonchev–Trinajstić information content (AvgIpc) is 1.65. The zero-order valence-electron chi connectivity index (χ0n) is 46.6. The van der Waals surface area contributed by atoms with Crippen molar-refractivity contribution in [2.75, 3.05) is 4.90 Å². The Morgan fingerprint density at radius 1 is 0.184 bits per heavy atom. The van der Waals surface area contributed by atoms with Crippen LogP contribution in [0.3, 0.4) is 0 Å². The first kappa shape index (κ1) is 45.9. The normalized spacial score (nSPS) is 13.3. The third kappa shape index (κ3) is 5.51. The van der Waals surface area contributed by atoms with Crippen LogP contribution in [0.4, 0.5) is 5.69 Å². The fourth-order valence-electron chi connectivity index (χ4n) is 17.1. The van der Waals surface area contributed by atoms with Crippen LogP contribution in [-0.4, -0.2) is 11.8 Å². The highest BCUT2D eigenvalue weighted by Gasteiger charge is 2.46. The Labute approximate surface area is 497 Å². The lowest BCUT2D eigenvalue weighted by Gasteiger charge is -2.20. The zero-order valence-corrected chi connectivity index (χ0v) is 46.6. The molecule has 1 aliphatic heterocycles. The standard InChI is InChI=1S/C84H43NO2/c86-83-81-67(47-22-10-3-11-23-47)79-62-42-38-56-52-34-32-50-54-36-40-60-73-61(78-66(46-20-8-2-9-21-46)76-59-31-17-27-44-26-16-30-58(64(44)59)75(76)65(77(60)78)45-18-6-1-7-19-45)41-37-55(71(54)73)51-33-35-53(70(52)69(50)51)57-39-43-63(74(62)72(56)57)80(79)68(48-24-12-4-13-25-48)82(81)84(87)85(83)49-28-14-5-15-29-49/h1-43H. The molecule has 0 aromatic heterocycles. The first-order valence-corrected chi connectivity index (χ1v) is 30.1. The Bertz CT molecular complexity index is 5950. The summed E-state index contributed by atoms with van der Waals surface area (Å²) in [7, 11) is 0. The van der Waals surface area contributed by atoms with E-state index < -0.39 is 0 Å². The minimum absolute atomic E-state index is 0.309. The highest BCUT2D eigenvalue weighted by molar-refractivity contribution is 6.51. The molecular formula is C84H43NO2. The fourth-order valence-corrected chi connectivity index (χ4v) is 17.1. The summed E-state index contributed by atoms with van der Waals surface area (Å²) in [6.45, 7) is 0. The molecule has 2 aliphatic rings. The van der Waals surface area contributed by atoms with E-state index in [4.69, 9.17) is 0 Å². The molecular weight excluding hydrogens is 1050 g/mol. The topological polar surface area (TPSA) is 37.4 Å². The van der Waals surface area contributed by atoms with E-state index in [0.717, 1.165) is 49.9 Å². The molecule has 3 nitrogen and oxygen atoms in total. The number of imide groups is 1. The molecule has 1 heterocycles. The summed E-state index contributed by atoms with van der Waals surface area (Å²) < 4.78 is 0. The summed E-state index contributed by atoms with van der Waals surface area (Å²) in [5.41, 5.74) is 14.0. The van der Waals surface area contributed by atoms with Gasteiger partial charge in [0.05, 0.1) is 16.8 Å². The first-order valence-electron chi connectivity index (χ1n) is 30.1. The van der Waals surface area contributed by atoms with Crippen LogP contribution in [0.5, 0.6) is 0 Å². The van der Waals surface area contributed by atoms with Crippen molar-refractivity contribution < 1.29 is 9.59 Å². The smallest absolute Gasteiger partial charge is 0.266 e. The van der Waals surface area contributed by atoms with Crippen LogP contribution < -0.4 is 4.90 Å². The largest absolute Gasteiger partial charge is 0.268 e. The van der Waals surface area contributed by atoms with E-state index in [2.05, 4.69) is 194 Å². The number of hydrogen-bond donors (Lipinski definition) is 0. The minimum Gasteiger partial charge on any atom is -0.268 e. The number of amides is 2. The van der Waals surface area contributed by atoms with Gasteiger partial charge in [-0.15, -0.1) is 0 Å². The lowest BCUT2D eigenvalue weighted by molar-refractivity contribution is 0.0926. The predicted molar refractivity (Wildman–Crippen MR) is 365 cm³/mol. The van der Waals surface area contributed by atoms with Crippen molar-refractivity contribution in [1.29, 1.82) is 0 Å². The van der Waals surface area contributed by atoms with E-state index in [1.807, 2.05) is 66.7 Å².